The van der Waals surface area contributed by atoms with Gasteiger partial charge in [0.1, 0.15) is 0 Å². The average molecular weight is 217 g/mol. The Morgan fingerprint density at radius 2 is 2.06 bits per heavy atom. The van der Waals surface area contributed by atoms with Crippen LogP contribution in [0.25, 0.3) is 5.82 Å². The van der Waals surface area contributed by atoms with Crippen molar-refractivity contribution in [3.63, 3.8) is 0 Å². The minimum absolute atomic E-state index is 0.0371. The van der Waals surface area contributed by atoms with Gasteiger partial charge in [-0.15, -0.1) is 0 Å². The molecule has 4 nitrogen and oxygen atoms in total. The Labute approximate surface area is 94.1 Å². The molecule has 2 rings (SSSR count). The Bertz CT molecular complexity index is 537. The molecule has 16 heavy (non-hydrogen) atoms. The predicted octanol–water partition coefficient (Wildman–Crippen LogP) is 1.69. The quantitative estimate of drug-likeness (QED) is 0.768. The van der Waals surface area contributed by atoms with Gasteiger partial charge in [0.25, 0.3) is 5.56 Å². The molecular formula is C12H15N3O. The zero-order chi connectivity index (χ0) is 11.7. The maximum absolute atomic E-state index is 11.9. The molecule has 0 saturated carbocycles. The second kappa shape index (κ2) is 3.96. The lowest BCUT2D eigenvalue weighted by atomic mass is 10.1. The molecule has 2 heterocycles. The van der Waals surface area contributed by atoms with Crippen molar-refractivity contribution in [3.8, 4) is 5.82 Å². The first-order valence-corrected chi connectivity index (χ1v) is 5.31. The van der Waals surface area contributed by atoms with Gasteiger partial charge in [0.15, 0.2) is 5.82 Å². The fraction of sp³-hybridized carbons (Fsp3) is 0.333. The van der Waals surface area contributed by atoms with Gasteiger partial charge >= 0.3 is 0 Å². The smallest absolute Gasteiger partial charge is 0.273 e. The van der Waals surface area contributed by atoms with Crippen molar-refractivity contribution < 1.29 is 0 Å². The van der Waals surface area contributed by atoms with Gasteiger partial charge in [-0.2, -0.15) is 4.68 Å². The van der Waals surface area contributed by atoms with E-state index in [0.29, 0.717) is 11.7 Å². The Balaban J connectivity index is 2.63. The Hall–Kier alpha value is -1.84. The van der Waals surface area contributed by atoms with Gasteiger partial charge in [-0.05, 0) is 18.1 Å². The standard InChI is InChI=1S/C12H15N3O/c1-9(2)10-8-12(16)15(14(10)3)11-6-4-5-7-13-11/h4-9H,1-3H3. The summed E-state index contributed by atoms with van der Waals surface area (Å²) in [6.45, 7) is 4.13. The maximum atomic E-state index is 11.9. The van der Waals surface area contributed by atoms with Crippen LogP contribution in [0.5, 0.6) is 0 Å². The third kappa shape index (κ3) is 1.66. The second-order valence-corrected chi connectivity index (χ2v) is 4.09. The molecule has 0 aliphatic rings. The summed E-state index contributed by atoms with van der Waals surface area (Å²) >= 11 is 0. The van der Waals surface area contributed by atoms with E-state index in [0.717, 1.165) is 5.69 Å². The van der Waals surface area contributed by atoms with Crippen molar-refractivity contribution >= 4 is 0 Å². The molecule has 4 heteroatoms. The molecule has 84 valence electrons. The molecule has 0 fully saturated rings. The molecule has 0 amide bonds. The Morgan fingerprint density at radius 3 is 2.56 bits per heavy atom. The Kier molecular flexibility index (Phi) is 2.64. The number of nitrogens with zero attached hydrogens (tertiary/aromatic N) is 3. The molecule has 0 atom stereocenters. The number of hydrogen-bond acceptors (Lipinski definition) is 2. The summed E-state index contributed by atoms with van der Waals surface area (Å²) in [5.41, 5.74) is 0.973. The highest BCUT2D eigenvalue weighted by atomic mass is 16.1. The summed E-state index contributed by atoms with van der Waals surface area (Å²) in [4.78, 5) is 16.1. The predicted molar refractivity (Wildman–Crippen MR) is 62.9 cm³/mol. The van der Waals surface area contributed by atoms with Crippen LogP contribution >= 0.6 is 0 Å². The molecule has 0 spiro atoms. The zero-order valence-electron chi connectivity index (χ0n) is 9.71. The van der Waals surface area contributed by atoms with E-state index in [2.05, 4.69) is 18.8 Å². The van der Waals surface area contributed by atoms with Crippen LogP contribution in [0.15, 0.2) is 35.3 Å². The highest BCUT2D eigenvalue weighted by Crippen LogP contribution is 2.12. The van der Waals surface area contributed by atoms with Gasteiger partial charge in [-0.1, -0.05) is 19.9 Å². The molecule has 0 bridgehead atoms. The normalized spacial score (nSPS) is 11.0. The molecule has 0 radical (unpaired) electrons. The van der Waals surface area contributed by atoms with Crippen molar-refractivity contribution in [1.82, 2.24) is 14.3 Å². The maximum Gasteiger partial charge on any atom is 0.273 e. The first-order valence-electron chi connectivity index (χ1n) is 5.31. The van der Waals surface area contributed by atoms with E-state index in [4.69, 9.17) is 0 Å². The van der Waals surface area contributed by atoms with Crippen molar-refractivity contribution in [2.45, 2.75) is 19.8 Å². The second-order valence-electron chi connectivity index (χ2n) is 4.09. The highest BCUT2D eigenvalue weighted by molar-refractivity contribution is 5.22. The molecule has 0 aromatic carbocycles. The fourth-order valence-electron chi connectivity index (χ4n) is 1.83. The SMILES string of the molecule is CC(C)c1cc(=O)n(-c2ccccn2)n1C. The van der Waals surface area contributed by atoms with Crippen molar-refractivity contribution in [3.05, 3.63) is 46.5 Å². The van der Waals surface area contributed by atoms with E-state index >= 15 is 0 Å². The summed E-state index contributed by atoms with van der Waals surface area (Å²) in [6.07, 6.45) is 1.68. The average Bonchev–Trinajstić information content (AvgIpc) is 2.56. The lowest BCUT2D eigenvalue weighted by Crippen LogP contribution is -2.20. The van der Waals surface area contributed by atoms with Crippen molar-refractivity contribution in [1.29, 1.82) is 0 Å². The number of rotatable bonds is 2. The number of pyridine rings is 1. The molecule has 0 aliphatic carbocycles. The lowest BCUT2D eigenvalue weighted by molar-refractivity contribution is 0.586. The van der Waals surface area contributed by atoms with E-state index in [1.165, 1.54) is 0 Å². The summed E-state index contributed by atoms with van der Waals surface area (Å²) in [7, 11) is 1.88. The van der Waals surface area contributed by atoms with Gasteiger partial charge < -0.3 is 0 Å². The molecule has 2 aromatic heterocycles. The van der Waals surface area contributed by atoms with E-state index in [9.17, 15) is 4.79 Å². The van der Waals surface area contributed by atoms with Crippen LogP contribution in [0, 0.1) is 0 Å². The van der Waals surface area contributed by atoms with Gasteiger partial charge in [0.2, 0.25) is 0 Å². The van der Waals surface area contributed by atoms with Gasteiger partial charge in [-0.25, -0.2) is 4.98 Å². The first-order chi connectivity index (χ1) is 7.61. The number of hydrogen-bond donors (Lipinski definition) is 0. The van der Waals surface area contributed by atoms with Crippen LogP contribution in [0.3, 0.4) is 0 Å². The summed E-state index contributed by atoms with van der Waals surface area (Å²) in [6, 6.07) is 7.20. The largest absolute Gasteiger partial charge is 0.283 e. The van der Waals surface area contributed by atoms with E-state index in [1.54, 1.807) is 16.9 Å². The molecule has 0 unspecified atom stereocenters. The van der Waals surface area contributed by atoms with Crippen LogP contribution < -0.4 is 5.56 Å². The van der Waals surface area contributed by atoms with Crippen LogP contribution in [-0.4, -0.2) is 14.3 Å². The van der Waals surface area contributed by atoms with Gasteiger partial charge in [0, 0.05) is 25.0 Å². The van der Waals surface area contributed by atoms with E-state index < -0.39 is 0 Å². The summed E-state index contributed by atoms with van der Waals surface area (Å²) in [5, 5.41) is 0. The zero-order valence-corrected chi connectivity index (χ0v) is 9.71. The summed E-state index contributed by atoms with van der Waals surface area (Å²) < 4.78 is 3.44. The lowest BCUT2D eigenvalue weighted by Gasteiger charge is -2.10. The van der Waals surface area contributed by atoms with E-state index in [-0.39, 0.29) is 5.56 Å². The van der Waals surface area contributed by atoms with Crippen molar-refractivity contribution in [2.75, 3.05) is 0 Å². The Morgan fingerprint density at radius 1 is 1.31 bits per heavy atom. The first kappa shape index (κ1) is 10.7. The topological polar surface area (TPSA) is 39.8 Å². The molecule has 0 N–H and O–H groups in total. The molecule has 0 saturated heterocycles. The van der Waals surface area contributed by atoms with Crippen LogP contribution in [0.1, 0.15) is 25.5 Å². The molecule has 0 aliphatic heterocycles. The number of aromatic nitrogens is 3. The monoisotopic (exact) mass is 217 g/mol. The third-order valence-corrected chi connectivity index (χ3v) is 2.61. The van der Waals surface area contributed by atoms with Crippen LogP contribution in [0.2, 0.25) is 0 Å². The van der Waals surface area contributed by atoms with Gasteiger partial charge in [0.05, 0.1) is 0 Å². The minimum Gasteiger partial charge on any atom is -0.283 e. The third-order valence-electron chi connectivity index (χ3n) is 2.61. The van der Waals surface area contributed by atoms with Crippen LogP contribution in [-0.2, 0) is 7.05 Å². The fourth-order valence-corrected chi connectivity index (χ4v) is 1.83. The highest BCUT2D eigenvalue weighted by Gasteiger charge is 2.12. The molecular weight excluding hydrogens is 202 g/mol. The van der Waals surface area contributed by atoms with E-state index in [1.807, 2.05) is 29.9 Å². The summed E-state index contributed by atoms with van der Waals surface area (Å²) in [5.74, 6) is 0.976. The van der Waals surface area contributed by atoms with Crippen molar-refractivity contribution in [2.24, 2.45) is 7.05 Å². The van der Waals surface area contributed by atoms with Gasteiger partial charge in [-0.3, -0.25) is 9.48 Å². The molecule has 2 aromatic rings. The minimum atomic E-state index is -0.0371. The van der Waals surface area contributed by atoms with Crippen LogP contribution in [0.4, 0.5) is 0 Å².